The number of hydrogen-bond donors (Lipinski definition) is 0. The van der Waals surface area contributed by atoms with Gasteiger partial charge in [0, 0.05) is 29.5 Å². The maximum absolute atomic E-state index is 14.5. The Labute approximate surface area is 149 Å². The second-order valence-corrected chi connectivity index (χ2v) is 8.35. The zero-order chi connectivity index (χ0) is 18.4. The van der Waals surface area contributed by atoms with Crippen molar-refractivity contribution in [3.05, 3.63) is 39.7 Å². The largest absolute Gasteiger partial charge is 0.286 e. The van der Waals surface area contributed by atoms with Gasteiger partial charge in [-0.3, -0.25) is 14.3 Å². The highest BCUT2D eigenvalue weighted by Gasteiger charge is 2.25. The average Bonchev–Trinajstić information content (AvgIpc) is 2.54. The van der Waals surface area contributed by atoms with Gasteiger partial charge in [0.1, 0.15) is 17.4 Å². The smallest absolute Gasteiger partial charge is 0.272 e. The molecule has 0 saturated carbocycles. The molecule has 3 heterocycles. The zero-order valence-corrected chi connectivity index (χ0v) is 15.4. The quantitative estimate of drug-likeness (QED) is 0.731. The maximum Gasteiger partial charge on any atom is 0.272 e. The second-order valence-electron chi connectivity index (χ2n) is 7.37. The lowest BCUT2D eigenvalue weighted by Crippen LogP contribution is -2.32. The first kappa shape index (κ1) is 17.6. The first-order chi connectivity index (χ1) is 11.7. The molecule has 0 unspecified atom stereocenters. The van der Waals surface area contributed by atoms with Crippen LogP contribution in [-0.4, -0.2) is 20.3 Å². The first-order valence-electron chi connectivity index (χ1n) is 8.06. The normalized spacial score (nSPS) is 17.0. The number of hydrogen-bond acceptors (Lipinski definition) is 5. The SMILES string of the molecule is C[C@@H]1CSc2nc(-c3cnc(C(C)(C)C)c(F)c3)c(C#N)c(=O)n2C1. The van der Waals surface area contributed by atoms with Crippen molar-refractivity contribution >= 4 is 11.8 Å². The van der Waals surface area contributed by atoms with Crippen molar-refractivity contribution in [2.24, 2.45) is 5.92 Å². The van der Waals surface area contributed by atoms with Crippen molar-refractivity contribution in [2.75, 3.05) is 5.75 Å². The molecule has 2 aromatic rings. The Balaban J connectivity index is 2.19. The van der Waals surface area contributed by atoms with Crippen LogP contribution >= 0.6 is 11.8 Å². The number of fused-ring (bicyclic) bond motifs is 1. The Morgan fingerprint density at radius 3 is 2.76 bits per heavy atom. The molecule has 1 aliphatic heterocycles. The number of aromatic nitrogens is 3. The summed E-state index contributed by atoms with van der Waals surface area (Å²) in [5.74, 6) is 0.724. The Bertz CT molecular complexity index is 940. The van der Waals surface area contributed by atoms with E-state index in [0.717, 1.165) is 5.75 Å². The van der Waals surface area contributed by atoms with E-state index in [0.29, 0.717) is 28.9 Å². The fourth-order valence-electron chi connectivity index (χ4n) is 2.82. The summed E-state index contributed by atoms with van der Waals surface area (Å²) in [7, 11) is 0. The van der Waals surface area contributed by atoms with Crippen LogP contribution in [0.2, 0.25) is 0 Å². The number of nitrogens with zero attached hydrogens (tertiary/aromatic N) is 4. The summed E-state index contributed by atoms with van der Waals surface area (Å²) in [5, 5.41) is 10.0. The molecule has 0 bridgehead atoms. The predicted octanol–water partition coefficient (Wildman–Crippen LogP) is 3.36. The third kappa shape index (κ3) is 3.19. The molecule has 0 N–H and O–H groups in total. The maximum atomic E-state index is 14.5. The summed E-state index contributed by atoms with van der Waals surface area (Å²) in [5.41, 5.74) is 0.0160. The second kappa shape index (κ2) is 6.26. The summed E-state index contributed by atoms with van der Waals surface area (Å²) in [4.78, 5) is 21.4. The van der Waals surface area contributed by atoms with E-state index < -0.39 is 11.2 Å². The average molecular weight is 358 g/mol. The van der Waals surface area contributed by atoms with Crippen molar-refractivity contribution in [3.63, 3.8) is 0 Å². The van der Waals surface area contributed by atoms with E-state index in [9.17, 15) is 14.4 Å². The minimum atomic E-state index is -0.463. The Morgan fingerprint density at radius 2 is 2.16 bits per heavy atom. The van der Waals surface area contributed by atoms with Crippen LogP contribution < -0.4 is 5.56 Å². The fraction of sp³-hybridized carbons (Fsp3) is 0.444. The van der Waals surface area contributed by atoms with Crippen LogP contribution in [0, 0.1) is 23.1 Å². The van der Waals surface area contributed by atoms with Crippen molar-refractivity contribution in [1.29, 1.82) is 5.26 Å². The summed E-state index contributed by atoms with van der Waals surface area (Å²) in [6.45, 7) is 8.21. The molecule has 0 fully saturated rings. The third-order valence-corrected chi connectivity index (χ3v) is 5.37. The van der Waals surface area contributed by atoms with Crippen molar-refractivity contribution in [1.82, 2.24) is 14.5 Å². The summed E-state index contributed by atoms with van der Waals surface area (Å²) < 4.78 is 16.0. The lowest BCUT2D eigenvalue weighted by atomic mass is 9.90. The molecule has 0 radical (unpaired) electrons. The minimum absolute atomic E-state index is 0.0665. The molecular weight excluding hydrogens is 339 g/mol. The van der Waals surface area contributed by atoms with E-state index in [1.807, 2.05) is 33.8 Å². The molecule has 2 aromatic heterocycles. The first-order valence-corrected chi connectivity index (χ1v) is 9.05. The van der Waals surface area contributed by atoms with Gasteiger partial charge in [0.25, 0.3) is 5.56 Å². The molecule has 0 aromatic carbocycles. The van der Waals surface area contributed by atoms with Gasteiger partial charge in [-0.1, -0.05) is 39.5 Å². The number of halogens is 1. The van der Waals surface area contributed by atoms with Gasteiger partial charge in [0.05, 0.1) is 11.4 Å². The lowest BCUT2D eigenvalue weighted by molar-refractivity contribution is 0.460. The molecule has 3 rings (SSSR count). The highest BCUT2D eigenvalue weighted by molar-refractivity contribution is 7.99. The molecule has 1 atom stereocenters. The molecule has 0 saturated heterocycles. The minimum Gasteiger partial charge on any atom is -0.286 e. The topological polar surface area (TPSA) is 71.6 Å². The van der Waals surface area contributed by atoms with Crippen LogP contribution in [0.1, 0.15) is 39.0 Å². The molecular formula is C18H19FN4OS. The molecule has 0 aliphatic carbocycles. The van der Waals surface area contributed by atoms with E-state index in [4.69, 9.17) is 0 Å². The van der Waals surface area contributed by atoms with Gasteiger partial charge in [-0.15, -0.1) is 0 Å². The molecule has 130 valence electrons. The molecule has 25 heavy (non-hydrogen) atoms. The van der Waals surface area contributed by atoms with Gasteiger partial charge >= 0.3 is 0 Å². The van der Waals surface area contributed by atoms with E-state index in [-0.39, 0.29) is 16.8 Å². The molecule has 1 aliphatic rings. The lowest BCUT2D eigenvalue weighted by Gasteiger charge is -2.23. The Morgan fingerprint density at radius 1 is 1.44 bits per heavy atom. The number of thioether (sulfide) groups is 1. The van der Waals surface area contributed by atoms with Gasteiger partial charge < -0.3 is 0 Å². The summed E-state index contributed by atoms with van der Waals surface area (Å²) in [6, 6.07) is 3.25. The van der Waals surface area contributed by atoms with Gasteiger partial charge in [-0.25, -0.2) is 9.37 Å². The van der Waals surface area contributed by atoms with Gasteiger partial charge in [0.2, 0.25) is 0 Å². The Kier molecular flexibility index (Phi) is 4.41. The molecule has 7 heteroatoms. The van der Waals surface area contributed by atoms with Crippen LogP contribution in [0.25, 0.3) is 11.3 Å². The monoisotopic (exact) mass is 358 g/mol. The van der Waals surface area contributed by atoms with Crippen LogP contribution in [0.4, 0.5) is 4.39 Å². The van der Waals surface area contributed by atoms with E-state index in [2.05, 4.69) is 9.97 Å². The van der Waals surface area contributed by atoms with Gasteiger partial charge in [-0.2, -0.15) is 5.26 Å². The predicted molar refractivity (Wildman–Crippen MR) is 95.0 cm³/mol. The van der Waals surface area contributed by atoms with Crippen LogP contribution in [0.3, 0.4) is 0 Å². The number of rotatable bonds is 1. The van der Waals surface area contributed by atoms with Crippen LogP contribution in [-0.2, 0) is 12.0 Å². The van der Waals surface area contributed by atoms with Crippen molar-refractivity contribution in [3.8, 4) is 17.3 Å². The van der Waals surface area contributed by atoms with Crippen LogP contribution in [0.15, 0.2) is 22.2 Å². The van der Waals surface area contributed by atoms with Crippen molar-refractivity contribution < 1.29 is 4.39 Å². The summed E-state index contributed by atoms with van der Waals surface area (Å²) >= 11 is 1.48. The standard InChI is InChI=1S/C18H19FN4OS/c1-10-8-23-16(24)12(6-20)14(22-17(23)25-9-10)11-5-13(19)15(21-7-11)18(2,3)4/h5,7,10H,8-9H2,1-4H3/t10-/m0/s1. The fourth-order valence-corrected chi connectivity index (χ4v) is 3.82. The highest BCUT2D eigenvalue weighted by Crippen LogP contribution is 2.30. The highest BCUT2D eigenvalue weighted by atomic mass is 32.2. The summed E-state index contributed by atoms with van der Waals surface area (Å²) in [6.07, 6.45) is 1.49. The van der Waals surface area contributed by atoms with Gasteiger partial charge in [-0.05, 0) is 12.0 Å². The van der Waals surface area contributed by atoms with E-state index in [1.165, 1.54) is 28.6 Å². The van der Waals surface area contributed by atoms with E-state index >= 15 is 0 Å². The van der Waals surface area contributed by atoms with Crippen LogP contribution in [0.5, 0.6) is 0 Å². The Hall–Kier alpha value is -2.20. The molecule has 5 nitrogen and oxygen atoms in total. The van der Waals surface area contributed by atoms with E-state index in [1.54, 1.807) is 0 Å². The van der Waals surface area contributed by atoms with Crippen molar-refractivity contribution in [2.45, 2.75) is 44.8 Å². The number of nitriles is 1. The van der Waals surface area contributed by atoms with Gasteiger partial charge in [0.15, 0.2) is 5.16 Å². The molecule has 0 amide bonds. The molecule has 0 spiro atoms. The zero-order valence-electron chi connectivity index (χ0n) is 14.6. The third-order valence-electron chi connectivity index (χ3n) is 4.06. The number of pyridine rings is 1.